The van der Waals surface area contributed by atoms with Crippen molar-refractivity contribution in [2.24, 2.45) is 0 Å². The largest absolute Gasteiger partial charge is 0.490 e. The number of morpholine rings is 1. The Hall–Kier alpha value is -4.22. The summed E-state index contributed by atoms with van der Waals surface area (Å²) in [5.41, 5.74) is 10.6. The molecule has 2 saturated heterocycles. The fraction of sp³-hybridized carbons (Fsp3) is 0.542. The van der Waals surface area contributed by atoms with Crippen LogP contribution in [0.4, 0.5) is 23.4 Å². The third kappa shape index (κ3) is 8.94. The van der Waals surface area contributed by atoms with Gasteiger partial charge in [-0.3, -0.25) is 38.1 Å². The average molecular weight is 869 g/mol. The number of hydrogen-bond acceptors (Lipinski definition) is 23. The van der Waals surface area contributed by atoms with Crippen LogP contribution < -0.4 is 32.4 Å². The van der Waals surface area contributed by atoms with E-state index in [1.54, 1.807) is 16.8 Å². The van der Waals surface area contributed by atoms with Crippen molar-refractivity contribution in [1.29, 1.82) is 0 Å². The standard InChI is InChI=1S/C24H35N14O16P3/c1-35-9-38(19-15(35)21(42)32-24(26)30-19)13-5-36(3-10-2-28-34-33-10)4-11(51-13)6-49-55(43,44)53-57(47,48)54-56(45,46)50-7-12-16(39)17(40)22(52-12)37-8-27-14-18(37)29-23(25)31-20(14)41/h2,8,11-13,16-17,22,39-40H,3-7,9H2,1H3,(H,43,44)(H,45,46)(H,47,48)(H,28,33,34)(H3,25,29,31,41)(H3,26,30,32,42)/t11-,12+,13+,16+,17+,22+/m0/s1. The summed E-state index contributed by atoms with van der Waals surface area (Å²) in [4.78, 5) is 77.1. The monoisotopic (exact) mass is 868 g/mol. The van der Waals surface area contributed by atoms with Crippen LogP contribution in [0.1, 0.15) is 11.9 Å². The number of aromatic nitrogens is 9. The van der Waals surface area contributed by atoms with Gasteiger partial charge in [-0.05, 0) is 0 Å². The number of phosphoric acid groups is 3. The van der Waals surface area contributed by atoms with Crippen LogP contribution in [0, 0.1) is 0 Å². The van der Waals surface area contributed by atoms with Crippen molar-refractivity contribution in [1.82, 2.24) is 49.8 Å². The lowest BCUT2D eigenvalue weighted by atomic mass is 10.1. The zero-order valence-electron chi connectivity index (χ0n) is 29.1. The summed E-state index contributed by atoms with van der Waals surface area (Å²) < 4.78 is 68.8. The number of phosphoric ester groups is 2. The van der Waals surface area contributed by atoms with E-state index in [0.717, 1.165) is 10.9 Å². The Labute approximate surface area is 317 Å². The number of nitrogens with one attached hydrogen (secondary N) is 3. The molecule has 7 heterocycles. The lowest BCUT2D eigenvalue weighted by molar-refractivity contribution is -0.103. The SMILES string of the molecule is CN1CN([C@H]2CN(Cc3cn[nH]n3)C[C@@H](COP(=O)(O)OP(=O)(O)OP(=O)(O)OC[C@H]3O[C@@H](n4cnc5c(=O)[nH]c(N)nc54)[C@H](O)[C@@H]3O)O2)c2nc(N)[nH]c(=O)c21. The van der Waals surface area contributed by atoms with E-state index in [2.05, 4.69) is 53.5 Å². The Morgan fingerprint density at radius 1 is 0.930 bits per heavy atom. The van der Waals surface area contributed by atoms with Crippen molar-refractivity contribution in [2.45, 2.75) is 43.4 Å². The molecule has 0 bridgehead atoms. The predicted molar refractivity (Wildman–Crippen MR) is 187 cm³/mol. The molecule has 4 aromatic heterocycles. The van der Waals surface area contributed by atoms with Gasteiger partial charge in [-0.1, -0.05) is 0 Å². The van der Waals surface area contributed by atoms with E-state index in [-0.39, 0.29) is 60.9 Å². The number of anilines is 4. The topological polar surface area (TPSA) is 420 Å². The van der Waals surface area contributed by atoms with Crippen LogP contribution in [0.3, 0.4) is 0 Å². The van der Waals surface area contributed by atoms with E-state index in [1.807, 2.05) is 4.90 Å². The molecule has 3 unspecified atom stereocenters. The molecule has 312 valence electrons. The number of ether oxygens (including phenoxy) is 2. The van der Waals surface area contributed by atoms with Gasteiger partial charge in [0, 0.05) is 26.7 Å². The molecule has 30 nitrogen and oxygen atoms in total. The molecule has 12 N–H and O–H groups in total. The number of nitrogens with two attached hydrogens (primary N) is 2. The number of aliphatic hydroxyl groups excluding tert-OH is 2. The second-order valence-corrected chi connectivity index (χ2v) is 17.4. The first-order chi connectivity index (χ1) is 26.8. The maximum atomic E-state index is 12.8. The van der Waals surface area contributed by atoms with Gasteiger partial charge in [-0.25, -0.2) is 18.7 Å². The molecule has 57 heavy (non-hydrogen) atoms. The molecule has 2 fully saturated rings. The van der Waals surface area contributed by atoms with Crippen LogP contribution >= 0.6 is 23.5 Å². The Morgan fingerprint density at radius 3 is 2.32 bits per heavy atom. The predicted octanol–water partition coefficient (Wildman–Crippen LogP) is -3.39. The van der Waals surface area contributed by atoms with E-state index in [4.69, 9.17) is 25.5 Å². The summed E-state index contributed by atoms with van der Waals surface area (Å²) in [6.45, 7) is -1.23. The summed E-state index contributed by atoms with van der Waals surface area (Å²) in [5.74, 6) is -0.243. The molecule has 33 heteroatoms. The van der Waals surface area contributed by atoms with Gasteiger partial charge >= 0.3 is 23.5 Å². The molecule has 3 aliphatic heterocycles. The Morgan fingerprint density at radius 2 is 1.61 bits per heavy atom. The molecule has 0 aromatic carbocycles. The lowest BCUT2D eigenvalue weighted by Crippen LogP contribution is -2.55. The minimum absolute atomic E-state index is 0.0440. The summed E-state index contributed by atoms with van der Waals surface area (Å²) in [6, 6.07) is 0. The third-order valence-electron chi connectivity index (χ3n) is 8.64. The first-order valence-corrected chi connectivity index (χ1v) is 20.8. The highest BCUT2D eigenvalue weighted by Crippen LogP contribution is 2.67. The Balaban J connectivity index is 0.964. The average Bonchev–Trinajstić information content (AvgIpc) is 3.89. The fourth-order valence-corrected chi connectivity index (χ4v) is 9.86. The van der Waals surface area contributed by atoms with Crippen LogP contribution in [0.25, 0.3) is 11.2 Å². The molecule has 4 aromatic rings. The number of nitrogen functional groups attached to an aromatic ring is 2. The van der Waals surface area contributed by atoms with Gasteiger partial charge in [0.25, 0.3) is 11.1 Å². The molecule has 0 radical (unpaired) electrons. The molecule has 3 aliphatic rings. The number of aromatic amines is 3. The molecular weight excluding hydrogens is 833 g/mol. The first kappa shape index (κ1) is 41.0. The lowest BCUT2D eigenvalue weighted by Gasteiger charge is -2.41. The summed E-state index contributed by atoms with van der Waals surface area (Å²) in [5, 5.41) is 31.4. The van der Waals surface area contributed by atoms with Crippen molar-refractivity contribution in [3.8, 4) is 0 Å². The van der Waals surface area contributed by atoms with Crippen LogP contribution in [-0.2, 0) is 47.4 Å². The van der Waals surface area contributed by atoms with Crippen LogP contribution in [0.2, 0.25) is 0 Å². The summed E-state index contributed by atoms with van der Waals surface area (Å²) >= 11 is 0. The van der Waals surface area contributed by atoms with Crippen molar-refractivity contribution >= 4 is 58.0 Å². The fourth-order valence-electron chi connectivity index (χ4n) is 6.32. The van der Waals surface area contributed by atoms with Gasteiger partial charge in [0.1, 0.15) is 30.2 Å². The minimum Gasteiger partial charge on any atom is -0.387 e. The van der Waals surface area contributed by atoms with Gasteiger partial charge in [0.15, 0.2) is 23.2 Å². The van der Waals surface area contributed by atoms with Gasteiger partial charge in [0.05, 0.1) is 44.2 Å². The van der Waals surface area contributed by atoms with Crippen molar-refractivity contribution in [3.63, 3.8) is 0 Å². The number of aliphatic hydroxyl groups is 2. The molecule has 0 saturated carbocycles. The Kier molecular flexibility index (Phi) is 11.1. The molecule has 0 spiro atoms. The maximum Gasteiger partial charge on any atom is 0.490 e. The number of rotatable bonds is 14. The van der Waals surface area contributed by atoms with Crippen molar-refractivity contribution in [2.75, 3.05) is 61.3 Å². The number of fused-ring (bicyclic) bond motifs is 2. The van der Waals surface area contributed by atoms with E-state index in [1.165, 1.54) is 6.20 Å². The van der Waals surface area contributed by atoms with Crippen molar-refractivity contribution in [3.05, 3.63) is 38.9 Å². The minimum atomic E-state index is -5.95. The van der Waals surface area contributed by atoms with Crippen LogP contribution in [-0.4, -0.2) is 145 Å². The molecule has 0 aliphatic carbocycles. The first-order valence-electron chi connectivity index (χ1n) is 16.3. The van der Waals surface area contributed by atoms with E-state index >= 15 is 0 Å². The zero-order valence-corrected chi connectivity index (χ0v) is 31.8. The number of nitrogens with zero attached hydrogens (tertiary/aromatic N) is 9. The normalized spacial score (nSPS) is 27.3. The van der Waals surface area contributed by atoms with Gasteiger partial charge in [-0.2, -0.15) is 34.0 Å². The summed E-state index contributed by atoms with van der Waals surface area (Å²) in [7, 11) is -15.5. The molecular formula is C24H35N14O16P3. The highest BCUT2D eigenvalue weighted by molar-refractivity contribution is 7.66. The van der Waals surface area contributed by atoms with Crippen LogP contribution in [0.5, 0.6) is 0 Å². The second kappa shape index (κ2) is 15.5. The van der Waals surface area contributed by atoms with E-state index in [9.17, 15) is 48.2 Å². The molecule has 0 amide bonds. The second-order valence-electron chi connectivity index (χ2n) is 12.8. The number of hydrogen-bond donors (Lipinski definition) is 10. The highest BCUT2D eigenvalue weighted by atomic mass is 31.3. The molecule has 9 atom stereocenters. The zero-order chi connectivity index (χ0) is 41.0. The van der Waals surface area contributed by atoms with Crippen LogP contribution in [0.15, 0.2) is 22.1 Å². The van der Waals surface area contributed by atoms with Crippen molar-refractivity contribution < 1.29 is 65.7 Å². The highest BCUT2D eigenvalue weighted by Gasteiger charge is 2.48. The van der Waals surface area contributed by atoms with E-state index < -0.39 is 84.7 Å². The Bertz CT molecular complexity index is 2380. The number of H-pyrrole nitrogens is 3. The maximum absolute atomic E-state index is 12.8. The third-order valence-corrected chi connectivity index (χ3v) is 12.9. The van der Waals surface area contributed by atoms with E-state index in [0.29, 0.717) is 5.69 Å². The van der Waals surface area contributed by atoms with Gasteiger partial charge in [-0.15, -0.1) is 0 Å². The molecule has 7 rings (SSSR count). The smallest absolute Gasteiger partial charge is 0.387 e. The number of imidazole rings is 1. The van der Waals surface area contributed by atoms with Gasteiger partial charge < -0.3 is 55.6 Å². The quantitative estimate of drug-likeness (QED) is 0.0552. The van der Waals surface area contributed by atoms with Gasteiger partial charge in [0.2, 0.25) is 11.9 Å². The summed E-state index contributed by atoms with van der Waals surface area (Å²) in [6.07, 6.45) is -6.00.